The predicted molar refractivity (Wildman–Crippen MR) is 116 cm³/mol. The van der Waals surface area contributed by atoms with Crippen LogP contribution >= 0.6 is 0 Å². The first-order valence-corrected chi connectivity index (χ1v) is 10.4. The second-order valence-electron chi connectivity index (χ2n) is 7.41. The molecular weight excluding hydrogens is 378 g/mol. The summed E-state index contributed by atoms with van der Waals surface area (Å²) in [6.45, 7) is 5.51. The number of ether oxygens (including phenoxy) is 2. The molecule has 1 unspecified atom stereocenters. The summed E-state index contributed by atoms with van der Waals surface area (Å²) in [4.78, 5) is 15.1. The molecule has 6 nitrogen and oxygen atoms in total. The molecule has 2 aromatic carbocycles. The van der Waals surface area contributed by atoms with Crippen molar-refractivity contribution in [3.05, 3.63) is 65.4 Å². The Hall–Kier alpha value is -3.28. The minimum atomic E-state index is -0.200. The Bertz CT molecular complexity index is 1030. The molecule has 1 aliphatic heterocycles. The van der Waals surface area contributed by atoms with Crippen molar-refractivity contribution < 1.29 is 14.3 Å². The summed E-state index contributed by atoms with van der Waals surface area (Å²) in [5, 5.41) is 7.51. The number of carbonyl (C=O) groups excluding carboxylic acids is 1. The highest BCUT2D eigenvalue weighted by Gasteiger charge is 2.41. The van der Waals surface area contributed by atoms with Gasteiger partial charge in [-0.1, -0.05) is 26.0 Å². The first-order valence-electron chi connectivity index (χ1n) is 10.4. The number of benzene rings is 2. The molecule has 2 heterocycles. The summed E-state index contributed by atoms with van der Waals surface area (Å²) in [5.74, 6) is 1.59. The van der Waals surface area contributed by atoms with E-state index in [0.717, 1.165) is 46.7 Å². The van der Waals surface area contributed by atoms with Crippen LogP contribution in [0.5, 0.6) is 11.5 Å². The summed E-state index contributed by atoms with van der Waals surface area (Å²) in [7, 11) is 1.65. The third kappa shape index (κ3) is 3.54. The second kappa shape index (κ2) is 8.61. The third-order valence-corrected chi connectivity index (χ3v) is 5.34. The van der Waals surface area contributed by atoms with Gasteiger partial charge in [0.25, 0.3) is 5.91 Å². The SMILES string of the molecule is CCCOc1cccc(C2c3c(-c4ccc(OC)cc4)n[nH]c3C(=O)N2CCC)c1. The van der Waals surface area contributed by atoms with Gasteiger partial charge in [-0.3, -0.25) is 9.89 Å². The largest absolute Gasteiger partial charge is 0.497 e. The average Bonchev–Trinajstić information content (AvgIpc) is 3.32. The van der Waals surface area contributed by atoms with Crippen molar-refractivity contribution in [1.82, 2.24) is 15.1 Å². The molecule has 0 radical (unpaired) electrons. The van der Waals surface area contributed by atoms with Crippen LogP contribution in [0, 0.1) is 0 Å². The van der Waals surface area contributed by atoms with Crippen molar-refractivity contribution in [2.45, 2.75) is 32.7 Å². The molecule has 0 bridgehead atoms. The number of carbonyl (C=O) groups is 1. The number of nitrogens with zero attached hydrogens (tertiary/aromatic N) is 2. The van der Waals surface area contributed by atoms with Gasteiger partial charge in [0, 0.05) is 17.7 Å². The highest BCUT2D eigenvalue weighted by molar-refractivity contribution is 6.00. The molecule has 1 atom stereocenters. The van der Waals surface area contributed by atoms with Gasteiger partial charge in [-0.05, 0) is 54.8 Å². The summed E-state index contributed by atoms with van der Waals surface area (Å²) >= 11 is 0. The van der Waals surface area contributed by atoms with Crippen molar-refractivity contribution in [2.24, 2.45) is 0 Å². The molecule has 30 heavy (non-hydrogen) atoms. The van der Waals surface area contributed by atoms with Crippen LogP contribution in [-0.4, -0.2) is 41.3 Å². The van der Waals surface area contributed by atoms with Gasteiger partial charge in [-0.2, -0.15) is 5.10 Å². The Morgan fingerprint density at radius 3 is 2.57 bits per heavy atom. The van der Waals surface area contributed by atoms with Crippen LogP contribution in [-0.2, 0) is 0 Å². The molecule has 1 aromatic heterocycles. The van der Waals surface area contributed by atoms with E-state index >= 15 is 0 Å². The molecule has 1 aliphatic rings. The lowest BCUT2D eigenvalue weighted by Crippen LogP contribution is -2.30. The van der Waals surface area contributed by atoms with E-state index in [2.05, 4.69) is 30.1 Å². The first kappa shape index (κ1) is 20.0. The van der Waals surface area contributed by atoms with Gasteiger partial charge in [0.2, 0.25) is 0 Å². The van der Waals surface area contributed by atoms with E-state index in [1.54, 1.807) is 7.11 Å². The fourth-order valence-corrected chi connectivity index (χ4v) is 3.98. The van der Waals surface area contributed by atoms with E-state index in [9.17, 15) is 4.79 Å². The second-order valence-corrected chi connectivity index (χ2v) is 7.41. The molecule has 1 amide bonds. The van der Waals surface area contributed by atoms with Crippen molar-refractivity contribution in [3.8, 4) is 22.8 Å². The topological polar surface area (TPSA) is 67.5 Å². The Balaban J connectivity index is 1.80. The number of fused-ring (bicyclic) bond motifs is 1. The molecule has 1 N–H and O–H groups in total. The van der Waals surface area contributed by atoms with Crippen LogP contribution in [0.4, 0.5) is 0 Å². The van der Waals surface area contributed by atoms with Crippen LogP contribution in [0.1, 0.15) is 54.3 Å². The number of amides is 1. The zero-order valence-corrected chi connectivity index (χ0v) is 17.6. The van der Waals surface area contributed by atoms with Crippen LogP contribution in [0.3, 0.4) is 0 Å². The molecule has 3 aromatic rings. The number of hydrogen-bond acceptors (Lipinski definition) is 4. The Kier molecular flexibility index (Phi) is 5.74. The maximum atomic E-state index is 13.2. The van der Waals surface area contributed by atoms with Crippen molar-refractivity contribution in [3.63, 3.8) is 0 Å². The molecule has 0 saturated heterocycles. The predicted octanol–water partition coefficient (Wildman–Crippen LogP) is 4.83. The summed E-state index contributed by atoms with van der Waals surface area (Å²) in [6.07, 6.45) is 1.82. The van der Waals surface area contributed by atoms with Gasteiger partial charge in [0.1, 0.15) is 17.2 Å². The summed E-state index contributed by atoms with van der Waals surface area (Å²) in [5.41, 5.74) is 4.26. The Labute approximate surface area is 176 Å². The standard InChI is InChI=1S/C24H27N3O3/c1-4-13-27-23(17-7-6-8-19(15-17)30-14-5-2)20-21(25-26-22(20)24(27)28)16-9-11-18(29-3)12-10-16/h6-12,15,23H,4-5,13-14H2,1-3H3,(H,25,26). The van der Waals surface area contributed by atoms with Crippen LogP contribution < -0.4 is 9.47 Å². The number of H-pyrrole nitrogens is 1. The first-order chi connectivity index (χ1) is 14.7. The van der Waals surface area contributed by atoms with Crippen molar-refractivity contribution in [1.29, 1.82) is 0 Å². The number of rotatable bonds is 8. The summed E-state index contributed by atoms with van der Waals surface area (Å²) < 4.78 is 11.1. The van der Waals surface area contributed by atoms with Gasteiger partial charge in [-0.15, -0.1) is 0 Å². The average molecular weight is 405 g/mol. The molecule has 0 saturated carbocycles. The fourth-order valence-electron chi connectivity index (χ4n) is 3.98. The monoisotopic (exact) mass is 405 g/mol. The number of methoxy groups -OCH3 is 1. The highest BCUT2D eigenvalue weighted by atomic mass is 16.5. The Morgan fingerprint density at radius 1 is 1.07 bits per heavy atom. The fraction of sp³-hybridized carbons (Fsp3) is 0.333. The van der Waals surface area contributed by atoms with Crippen LogP contribution in [0.25, 0.3) is 11.3 Å². The van der Waals surface area contributed by atoms with E-state index < -0.39 is 0 Å². The van der Waals surface area contributed by atoms with Crippen LogP contribution in [0.2, 0.25) is 0 Å². The van der Waals surface area contributed by atoms with Gasteiger partial charge in [-0.25, -0.2) is 0 Å². The molecule has 0 fully saturated rings. The lowest BCUT2D eigenvalue weighted by molar-refractivity contribution is 0.0743. The zero-order chi connectivity index (χ0) is 21.1. The highest BCUT2D eigenvalue weighted by Crippen LogP contribution is 2.43. The molecule has 6 heteroatoms. The molecule has 0 spiro atoms. The van der Waals surface area contributed by atoms with Gasteiger partial charge < -0.3 is 14.4 Å². The maximum Gasteiger partial charge on any atom is 0.273 e. The van der Waals surface area contributed by atoms with E-state index in [0.29, 0.717) is 18.8 Å². The minimum Gasteiger partial charge on any atom is -0.497 e. The number of nitrogens with one attached hydrogen (secondary N) is 1. The lowest BCUT2D eigenvalue weighted by Gasteiger charge is -2.26. The van der Waals surface area contributed by atoms with E-state index in [1.165, 1.54) is 0 Å². The molecule has 0 aliphatic carbocycles. The zero-order valence-electron chi connectivity index (χ0n) is 17.6. The van der Waals surface area contributed by atoms with Crippen molar-refractivity contribution >= 4 is 5.91 Å². The van der Waals surface area contributed by atoms with E-state index in [4.69, 9.17) is 9.47 Å². The molecule has 156 valence electrons. The number of hydrogen-bond donors (Lipinski definition) is 1. The van der Waals surface area contributed by atoms with Crippen molar-refractivity contribution in [2.75, 3.05) is 20.3 Å². The lowest BCUT2D eigenvalue weighted by atomic mass is 9.96. The Morgan fingerprint density at radius 2 is 1.87 bits per heavy atom. The van der Waals surface area contributed by atoms with Gasteiger partial charge >= 0.3 is 0 Å². The summed E-state index contributed by atoms with van der Waals surface area (Å²) in [6, 6.07) is 15.6. The normalized spacial score (nSPS) is 15.4. The van der Waals surface area contributed by atoms with Gasteiger partial charge in [0.05, 0.1) is 25.5 Å². The van der Waals surface area contributed by atoms with Crippen LogP contribution in [0.15, 0.2) is 48.5 Å². The third-order valence-electron chi connectivity index (χ3n) is 5.34. The molecular formula is C24H27N3O3. The quantitative estimate of drug-likeness (QED) is 0.583. The maximum absolute atomic E-state index is 13.2. The van der Waals surface area contributed by atoms with E-state index in [-0.39, 0.29) is 11.9 Å². The van der Waals surface area contributed by atoms with Gasteiger partial charge in [0.15, 0.2) is 0 Å². The molecule has 4 rings (SSSR count). The minimum absolute atomic E-state index is 0.0102. The number of aromatic nitrogens is 2. The smallest absolute Gasteiger partial charge is 0.273 e. The van der Waals surface area contributed by atoms with E-state index in [1.807, 2.05) is 47.4 Å². The number of aromatic amines is 1.